The minimum Gasteiger partial charge on any atom is -0.370 e. The quantitative estimate of drug-likeness (QED) is 0.614. The first kappa shape index (κ1) is 22.0. The number of nitrogens with one attached hydrogen (secondary N) is 2. The average molecular weight is 394 g/mol. The minimum absolute atomic E-state index is 0.277. The lowest BCUT2D eigenvalue weighted by atomic mass is 9.79. The standard InChI is InChI=1S/C21H29F3N4/c1-6-25-18-17(14(3)27-19(28-18)26-7-2)12-13-20(4,5)15-8-10-16(11-9-15)21(22,23)24/h8-11H,6-7,12-13H2,1-5H3,(H2,25,26,27,28). The summed E-state index contributed by atoms with van der Waals surface area (Å²) < 4.78 is 38.4. The smallest absolute Gasteiger partial charge is 0.370 e. The average Bonchev–Trinajstić information content (AvgIpc) is 2.61. The third kappa shape index (κ3) is 5.36. The van der Waals surface area contributed by atoms with Crippen molar-refractivity contribution >= 4 is 11.8 Å². The first-order valence-corrected chi connectivity index (χ1v) is 9.61. The van der Waals surface area contributed by atoms with Crippen LogP contribution in [0.15, 0.2) is 24.3 Å². The Morgan fingerprint density at radius 1 is 0.893 bits per heavy atom. The summed E-state index contributed by atoms with van der Waals surface area (Å²) in [6.07, 6.45) is -2.82. The van der Waals surface area contributed by atoms with Crippen molar-refractivity contribution in [2.24, 2.45) is 0 Å². The van der Waals surface area contributed by atoms with Crippen molar-refractivity contribution in [3.05, 3.63) is 46.6 Å². The molecule has 0 saturated carbocycles. The largest absolute Gasteiger partial charge is 0.416 e. The zero-order valence-corrected chi connectivity index (χ0v) is 17.2. The van der Waals surface area contributed by atoms with Gasteiger partial charge < -0.3 is 10.6 Å². The number of aromatic nitrogens is 2. The van der Waals surface area contributed by atoms with Crippen LogP contribution in [0.25, 0.3) is 0 Å². The van der Waals surface area contributed by atoms with Crippen molar-refractivity contribution in [3.8, 4) is 0 Å². The predicted octanol–water partition coefficient (Wildman–Crippen LogP) is 5.58. The Hall–Kier alpha value is -2.31. The summed E-state index contributed by atoms with van der Waals surface area (Å²) in [7, 11) is 0. The van der Waals surface area contributed by atoms with Crippen LogP contribution in [0.5, 0.6) is 0 Å². The second kappa shape index (κ2) is 8.80. The topological polar surface area (TPSA) is 49.8 Å². The van der Waals surface area contributed by atoms with Gasteiger partial charge in [0.15, 0.2) is 0 Å². The molecule has 0 saturated heterocycles. The summed E-state index contributed by atoms with van der Waals surface area (Å²) in [5.74, 6) is 1.41. The molecular weight excluding hydrogens is 365 g/mol. The maximum absolute atomic E-state index is 12.8. The van der Waals surface area contributed by atoms with Crippen molar-refractivity contribution in [2.45, 2.75) is 59.1 Å². The highest BCUT2D eigenvalue weighted by molar-refractivity contribution is 5.50. The Bertz CT molecular complexity index is 783. The SMILES string of the molecule is CCNc1nc(C)c(CCC(C)(C)c2ccc(C(F)(F)F)cc2)c(NCC)n1. The zero-order chi connectivity index (χ0) is 20.9. The summed E-state index contributed by atoms with van der Waals surface area (Å²) >= 11 is 0. The van der Waals surface area contributed by atoms with E-state index in [4.69, 9.17) is 0 Å². The summed E-state index contributed by atoms with van der Waals surface area (Å²) in [5.41, 5.74) is 1.94. The lowest BCUT2D eigenvalue weighted by Gasteiger charge is -2.26. The molecule has 0 fully saturated rings. The summed E-state index contributed by atoms with van der Waals surface area (Å²) in [6, 6.07) is 5.46. The van der Waals surface area contributed by atoms with E-state index in [1.54, 1.807) is 12.1 Å². The van der Waals surface area contributed by atoms with E-state index in [0.29, 0.717) is 5.95 Å². The number of hydrogen-bond acceptors (Lipinski definition) is 4. The van der Waals surface area contributed by atoms with E-state index in [9.17, 15) is 13.2 Å². The molecule has 1 aromatic carbocycles. The van der Waals surface area contributed by atoms with Gasteiger partial charge in [-0.05, 0) is 56.7 Å². The molecule has 0 atom stereocenters. The van der Waals surface area contributed by atoms with Gasteiger partial charge in [-0.25, -0.2) is 4.98 Å². The van der Waals surface area contributed by atoms with Gasteiger partial charge in [0.1, 0.15) is 5.82 Å². The van der Waals surface area contributed by atoms with Crippen LogP contribution in [0.2, 0.25) is 0 Å². The maximum atomic E-state index is 12.8. The van der Waals surface area contributed by atoms with Gasteiger partial charge in [0.25, 0.3) is 0 Å². The number of hydrogen-bond donors (Lipinski definition) is 2. The lowest BCUT2D eigenvalue weighted by molar-refractivity contribution is -0.137. The van der Waals surface area contributed by atoms with Crippen LogP contribution in [-0.2, 0) is 18.0 Å². The molecule has 0 amide bonds. The molecule has 7 heteroatoms. The van der Waals surface area contributed by atoms with Gasteiger partial charge >= 0.3 is 6.18 Å². The number of alkyl halides is 3. The van der Waals surface area contributed by atoms with E-state index >= 15 is 0 Å². The van der Waals surface area contributed by atoms with Gasteiger partial charge in [0, 0.05) is 24.3 Å². The number of nitrogens with zero attached hydrogens (tertiary/aromatic N) is 2. The molecule has 0 aliphatic rings. The second-order valence-corrected chi connectivity index (χ2v) is 7.48. The van der Waals surface area contributed by atoms with Gasteiger partial charge in [-0.1, -0.05) is 26.0 Å². The molecule has 0 bridgehead atoms. The normalized spacial score (nSPS) is 12.1. The minimum atomic E-state index is -4.31. The van der Waals surface area contributed by atoms with Gasteiger partial charge in [-0.3, -0.25) is 0 Å². The Morgan fingerprint density at radius 3 is 2.00 bits per heavy atom. The Morgan fingerprint density at radius 2 is 1.46 bits per heavy atom. The fourth-order valence-corrected chi connectivity index (χ4v) is 3.14. The van der Waals surface area contributed by atoms with Crippen LogP contribution < -0.4 is 10.6 Å². The highest BCUT2D eigenvalue weighted by Gasteiger charge is 2.31. The molecule has 4 nitrogen and oxygen atoms in total. The molecule has 28 heavy (non-hydrogen) atoms. The second-order valence-electron chi connectivity index (χ2n) is 7.48. The van der Waals surface area contributed by atoms with E-state index < -0.39 is 11.7 Å². The van der Waals surface area contributed by atoms with Gasteiger partial charge in [-0.2, -0.15) is 18.2 Å². The summed E-state index contributed by atoms with van der Waals surface area (Å²) in [6.45, 7) is 11.6. The fraction of sp³-hybridized carbons (Fsp3) is 0.524. The molecular formula is C21H29F3N4. The van der Waals surface area contributed by atoms with Gasteiger partial charge in [0.05, 0.1) is 5.56 Å². The Balaban J connectivity index is 2.21. The van der Waals surface area contributed by atoms with Crippen LogP contribution in [-0.4, -0.2) is 23.1 Å². The van der Waals surface area contributed by atoms with E-state index in [1.165, 1.54) is 0 Å². The molecule has 1 aromatic heterocycles. The molecule has 2 rings (SSSR count). The highest BCUT2D eigenvalue weighted by atomic mass is 19.4. The van der Waals surface area contributed by atoms with Crippen molar-refractivity contribution < 1.29 is 13.2 Å². The van der Waals surface area contributed by atoms with Crippen LogP contribution in [0.1, 0.15) is 56.5 Å². The van der Waals surface area contributed by atoms with Crippen molar-refractivity contribution in [3.63, 3.8) is 0 Å². The first-order chi connectivity index (χ1) is 13.1. The lowest BCUT2D eigenvalue weighted by Crippen LogP contribution is -2.20. The number of benzene rings is 1. The van der Waals surface area contributed by atoms with Crippen molar-refractivity contribution in [2.75, 3.05) is 23.7 Å². The molecule has 154 valence electrons. The molecule has 0 aliphatic heterocycles. The third-order valence-corrected chi connectivity index (χ3v) is 4.89. The highest BCUT2D eigenvalue weighted by Crippen LogP contribution is 2.34. The summed E-state index contributed by atoms with van der Waals surface area (Å²) in [4.78, 5) is 9.10. The molecule has 0 spiro atoms. The maximum Gasteiger partial charge on any atom is 0.416 e. The first-order valence-electron chi connectivity index (χ1n) is 9.61. The number of halogens is 3. The van der Waals surface area contributed by atoms with Crippen LogP contribution in [0.4, 0.5) is 24.9 Å². The third-order valence-electron chi connectivity index (χ3n) is 4.89. The Labute approximate surface area is 165 Å². The molecule has 2 N–H and O–H groups in total. The number of anilines is 2. The molecule has 2 aromatic rings. The van der Waals surface area contributed by atoms with E-state index in [0.717, 1.165) is 60.7 Å². The monoisotopic (exact) mass is 394 g/mol. The molecule has 0 radical (unpaired) electrons. The molecule has 1 heterocycles. The van der Waals surface area contributed by atoms with Crippen molar-refractivity contribution in [1.82, 2.24) is 9.97 Å². The molecule has 0 unspecified atom stereocenters. The van der Waals surface area contributed by atoms with Gasteiger partial charge in [0.2, 0.25) is 5.95 Å². The van der Waals surface area contributed by atoms with E-state index in [-0.39, 0.29) is 5.41 Å². The van der Waals surface area contributed by atoms with Crippen molar-refractivity contribution in [1.29, 1.82) is 0 Å². The van der Waals surface area contributed by atoms with Crippen LogP contribution >= 0.6 is 0 Å². The van der Waals surface area contributed by atoms with Crippen LogP contribution in [0.3, 0.4) is 0 Å². The van der Waals surface area contributed by atoms with Gasteiger partial charge in [-0.15, -0.1) is 0 Å². The fourth-order valence-electron chi connectivity index (χ4n) is 3.14. The number of rotatable bonds is 8. The van der Waals surface area contributed by atoms with Crippen LogP contribution in [0, 0.1) is 6.92 Å². The summed E-state index contributed by atoms with van der Waals surface area (Å²) in [5, 5.41) is 6.44. The number of aryl methyl sites for hydroxylation is 1. The molecule has 0 aliphatic carbocycles. The van der Waals surface area contributed by atoms with E-state index in [2.05, 4.69) is 20.6 Å². The predicted molar refractivity (Wildman–Crippen MR) is 108 cm³/mol. The zero-order valence-electron chi connectivity index (χ0n) is 17.2. The Kier molecular flexibility index (Phi) is 6.91. The van der Waals surface area contributed by atoms with E-state index in [1.807, 2.05) is 34.6 Å².